The number of amides is 2. The molecule has 0 bridgehead atoms. The van der Waals surface area contributed by atoms with Gasteiger partial charge in [0.05, 0.1) is 6.04 Å². The Hall–Kier alpha value is -3.67. The molecule has 2 N–H and O–H groups in total. The van der Waals surface area contributed by atoms with Gasteiger partial charge in [0.15, 0.2) is 0 Å². The molecule has 0 spiro atoms. The third-order valence-electron chi connectivity index (χ3n) is 4.51. The van der Waals surface area contributed by atoms with E-state index in [2.05, 4.69) is 17.2 Å². The first-order chi connectivity index (χ1) is 13.5. The van der Waals surface area contributed by atoms with Gasteiger partial charge in [0.1, 0.15) is 5.56 Å². The highest BCUT2D eigenvalue weighted by molar-refractivity contribution is 5.94. The number of nitrogens with one attached hydrogen (secondary N) is 2. The molecule has 142 valence electrons. The fraction of sp³-hybridized carbons (Fsp3) is 0.136. The number of fused-ring (bicyclic) bond motifs is 1. The summed E-state index contributed by atoms with van der Waals surface area (Å²) in [6.45, 7) is 3.61. The van der Waals surface area contributed by atoms with Gasteiger partial charge in [-0.1, -0.05) is 43.0 Å². The molecule has 0 aliphatic carbocycles. The Bertz CT molecular complexity index is 1100. The molecule has 1 aromatic heterocycles. The van der Waals surface area contributed by atoms with Crippen LogP contribution >= 0.6 is 0 Å². The van der Waals surface area contributed by atoms with Crippen molar-refractivity contribution >= 4 is 22.6 Å². The fourth-order valence-corrected chi connectivity index (χ4v) is 2.96. The molecular weight excluding hydrogens is 354 g/mol. The average Bonchev–Trinajstić information content (AvgIpc) is 2.72. The van der Waals surface area contributed by atoms with Gasteiger partial charge < -0.3 is 15.2 Å². The van der Waals surface area contributed by atoms with E-state index >= 15 is 0 Å². The van der Waals surface area contributed by atoms with Gasteiger partial charge in [0.25, 0.3) is 11.5 Å². The lowest BCUT2D eigenvalue weighted by Gasteiger charge is -2.20. The number of carbonyl (C=O) groups is 2. The Balaban J connectivity index is 1.92. The van der Waals surface area contributed by atoms with E-state index in [1.165, 1.54) is 16.7 Å². The van der Waals surface area contributed by atoms with Crippen molar-refractivity contribution in [1.82, 2.24) is 15.2 Å². The minimum absolute atomic E-state index is 0.0471. The van der Waals surface area contributed by atoms with Crippen molar-refractivity contribution < 1.29 is 9.59 Å². The van der Waals surface area contributed by atoms with E-state index in [0.29, 0.717) is 0 Å². The minimum atomic E-state index is -0.508. The van der Waals surface area contributed by atoms with Crippen molar-refractivity contribution in [1.29, 1.82) is 0 Å². The standard InChI is InChI=1S/C22H21N3O3/c1-3-20(26)23-14-19(17-11-10-15-7-4-5-8-16(15)13-17)24-21(27)18-9-6-12-25(2)22(18)28/h3-13,19H,1,14H2,2H3,(H,23,26)(H,24,27). The van der Waals surface area contributed by atoms with Crippen molar-refractivity contribution in [3.8, 4) is 0 Å². The van der Waals surface area contributed by atoms with Crippen molar-refractivity contribution in [2.24, 2.45) is 7.05 Å². The van der Waals surface area contributed by atoms with Gasteiger partial charge in [0.2, 0.25) is 5.91 Å². The monoisotopic (exact) mass is 375 g/mol. The lowest BCUT2D eigenvalue weighted by molar-refractivity contribution is -0.116. The summed E-state index contributed by atoms with van der Waals surface area (Å²) < 4.78 is 1.35. The number of rotatable bonds is 6. The van der Waals surface area contributed by atoms with E-state index in [1.807, 2.05) is 42.5 Å². The third-order valence-corrected chi connectivity index (χ3v) is 4.51. The maximum atomic E-state index is 12.7. The molecule has 0 aliphatic rings. The van der Waals surface area contributed by atoms with Gasteiger partial charge in [-0.3, -0.25) is 14.4 Å². The zero-order chi connectivity index (χ0) is 20.1. The normalized spacial score (nSPS) is 11.6. The summed E-state index contributed by atoms with van der Waals surface area (Å²) in [6, 6.07) is 16.3. The van der Waals surface area contributed by atoms with Crippen LogP contribution in [0.3, 0.4) is 0 Å². The van der Waals surface area contributed by atoms with Crippen LogP contribution in [-0.4, -0.2) is 22.9 Å². The molecule has 0 radical (unpaired) electrons. The van der Waals surface area contributed by atoms with Crippen LogP contribution in [0.1, 0.15) is 22.0 Å². The summed E-state index contributed by atoms with van der Waals surface area (Å²) in [5, 5.41) is 7.66. The molecular formula is C22H21N3O3. The molecule has 0 saturated heterocycles. The Morgan fingerprint density at radius 3 is 2.61 bits per heavy atom. The lowest BCUT2D eigenvalue weighted by Crippen LogP contribution is -2.39. The Morgan fingerprint density at radius 2 is 1.86 bits per heavy atom. The van der Waals surface area contributed by atoms with E-state index in [-0.39, 0.29) is 23.6 Å². The van der Waals surface area contributed by atoms with Gasteiger partial charge in [-0.2, -0.15) is 0 Å². The van der Waals surface area contributed by atoms with Crippen LogP contribution < -0.4 is 16.2 Å². The number of aryl methyl sites for hydroxylation is 1. The molecule has 1 unspecified atom stereocenters. The smallest absolute Gasteiger partial charge is 0.263 e. The zero-order valence-electron chi connectivity index (χ0n) is 15.5. The molecule has 3 aromatic rings. The second kappa shape index (κ2) is 8.35. The van der Waals surface area contributed by atoms with Crippen LogP contribution in [-0.2, 0) is 11.8 Å². The number of carbonyl (C=O) groups excluding carboxylic acids is 2. The van der Waals surface area contributed by atoms with Crippen LogP contribution in [0.2, 0.25) is 0 Å². The Labute approximate surface area is 162 Å². The fourth-order valence-electron chi connectivity index (χ4n) is 2.96. The predicted molar refractivity (Wildman–Crippen MR) is 109 cm³/mol. The number of hydrogen-bond donors (Lipinski definition) is 2. The molecule has 0 fully saturated rings. The molecule has 0 aliphatic heterocycles. The van der Waals surface area contributed by atoms with Gasteiger partial charge in [-0.25, -0.2) is 0 Å². The van der Waals surface area contributed by atoms with Crippen LogP contribution in [0.25, 0.3) is 10.8 Å². The highest BCUT2D eigenvalue weighted by atomic mass is 16.2. The molecule has 3 rings (SSSR count). The summed E-state index contributed by atoms with van der Waals surface area (Å²) in [6.07, 6.45) is 2.76. The summed E-state index contributed by atoms with van der Waals surface area (Å²) in [5.41, 5.74) is 0.488. The topological polar surface area (TPSA) is 80.2 Å². The van der Waals surface area contributed by atoms with Gasteiger partial charge in [0, 0.05) is 19.8 Å². The van der Waals surface area contributed by atoms with Crippen LogP contribution in [0, 0.1) is 0 Å². The van der Waals surface area contributed by atoms with Crippen molar-refractivity contribution in [2.45, 2.75) is 6.04 Å². The van der Waals surface area contributed by atoms with E-state index in [9.17, 15) is 14.4 Å². The second-order valence-corrected chi connectivity index (χ2v) is 6.42. The highest BCUT2D eigenvalue weighted by Crippen LogP contribution is 2.20. The van der Waals surface area contributed by atoms with Crippen molar-refractivity contribution in [3.63, 3.8) is 0 Å². The molecule has 6 heteroatoms. The van der Waals surface area contributed by atoms with Crippen LogP contribution in [0.5, 0.6) is 0 Å². The van der Waals surface area contributed by atoms with Crippen LogP contribution in [0.4, 0.5) is 0 Å². The largest absolute Gasteiger partial charge is 0.350 e. The van der Waals surface area contributed by atoms with E-state index in [4.69, 9.17) is 0 Å². The summed E-state index contributed by atoms with van der Waals surface area (Å²) in [4.78, 5) is 36.6. The summed E-state index contributed by atoms with van der Waals surface area (Å²) in [7, 11) is 1.59. The van der Waals surface area contributed by atoms with Gasteiger partial charge >= 0.3 is 0 Å². The number of benzene rings is 2. The first-order valence-electron chi connectivity index (χ1n) is 8.85. The van der Waals surface area contributed by atoms with Crippen molar-refractivity contribution in [3.05, 3.63) is 94.9 Å². The number of nitrogens with zero attached hydrogens (tertiary/aromatic N) is 1. The molecule has 6 nitrogen and oxygen atoms in total. The van der Waals surface area contributed by atoms with E-state index in [0.717, 1.165) is 16.3 Å². The SMILES string of the molecule is C=CC(=O)NCC(NC(=O)c1cccn(C)c1=O)c1ccc2ccccc2c1. The molecule has 2 amide bonds. The van der Waals surface area contributed by atoms with E-state index < -0.39 is 11.9 Å². The lowest BCUT2D eigenvalue weighted by atomic mass is 10.0. The Kier molecular flexibility index (Phi) is 5.69. The number of aromatic nitrogens is 1. The number of hydrogen-bond acceptors (Lipinski definition) is 3. The van der Waals surface area contributed by atoms with Crippen molar-refractivity contribution in [2.75, 3.05) is 6.54 Å². The quantitative estimate of drug-likeness (QED) is 0.649. The molecule has 1 heterocycles. The first kappa shape index (κ1) is 19.1. The second-order valence-electron chi connectivity index (χ2n) is 6.42. The maximum absolute atomic E-state index is 12.7. The number of pyridine rings is 1. The van der Waals surface area contributed by atoms with Crippen LogP contribution in [0.15, 0.2) is 78.2 Å². The third kappa shape index (κ3) is 4.17. The average molecular weight is 375 g/mol. The van der Waals surface area contributed by atoms with Gasteiger partial charge in [-0.05, 0) is 40.6 Å². The zero-order valence-corrected chi connectivity index (χ0v) is 15.5. The summed E-state index contributed by atoms with van der Waals surface area (Å²) in [5.74, 6) is -0.831. The first-order valence-corrected chi connectivity index (χ1v) is 8.85. The molecule has 0 saturated carbocycles. The molecule has 2 aromatic carbocycles. The minimum Gasteiger partial charge on any atom is -0.350 e. The highest BCUT2D eigenvalue weighted by Gasteiger charge is 2.19. The van der Waals surface area contributed by atoms with E-state index in [1.54, 1.807) is 19.3 Å². The predicted octanol–water partition coefficient (Wildman–Crippen LogP) is 2.31. The summed E-state index contributed by atoms with van der Waals surface area (Å²) >= 11 is 0. The van der Waals surface area contributed by atoms with Gasteiger partial charge in [-0.15, -0.1) is 0 Å². The molecule has 1 atom stereocenters. The maximum Gasteiger partial charge on any atom is 0.263 e. The molecule has 28 heavy (non-hydrogen) atoms. The Morgan fingerprint density at radius 1 is 1.11 bits per heavy atom.